The maximum Gasteiger partial charge on any atom is 0.168 e. The Labute approximate surface area is 218 Å². The van der Waals surface area contributed by atoms with Crippen LogP contribution >= 0.6 is 51.3 Å². The van der Waals surface area contributed by atoms with E-state index in [1.54, 1.807) is 6.33 Å². The number of nitrogens with one attached hydrogen (secondary N) is 2. The topological polar surface area (TPSA) is 60.1 Å². The number of anilines is 1. The molecular formula is C23H27BrCl2N6S. The number of likely N-dealkylation sites (tertiary alicyclic amines) is 1. The highest BCUT2D eigenvalue weighted by molar-refractivity contribution is 9.10. The van der Waals surface area contributed by atoms with E-state index in [9.17, 15) is 0 Å². The van der Waals surface area contributed by atoms with Crippen molar-refractivity contribution in [3.05, 3.63) is 63.2 Å². The molecule has 4 rings (SSSR count). The number of thiocarbonyl (C=S) groups is 1. The van der Waals surface area contributed by atoms with Gasteiger partial charge in [0.15, 0.2) is 5.11 Å². The number of rotatable bonds is 7. The first kappa shape index (κ1) is 24.5. The predicted octanol–water partition coefficient (Wildman–Crippen LogP) is 5.39. The standard InChI is InChI=1S/C23H27BrCl2N6S/c24-18-2-4-22(29-12-18)32(14-16-1-3-19(25)20(26)11-16)10-7-28-23(33)31-8-5-17(6-9-31)21-13-27-15-30-21/h1-4,12-13,15-17H,5-11,14H2,(H,27,30)(H,28,33). The fourth-order valence-corrected chi connectivity index (χ4v) is 5.19. The van der Waals surface area contributed by atoms with E-state index >= 15 is 0 Å². The van der Waals surface area contributed by atoms with Crippen LogP contribution in [0.1, 0.15) is 30.9 Å². The van der Waals surface area contributed by atoms with E-state index in [1.807, 2.05) is 30.6 Å². The summed E-state index contributed by atoms with van der Waals surface area (Å²) < 4.78 is 0.958. The molecule has 6 nitrogen and oxygen atoms in total. The fraction of sp³-hybridized carbons (Fsp3) is 0.435. The first-order valence-electron chi connectivity index (χ1n) is 11.1. The molecule has 176 valence electrons. The zero-order valence-corrected chi connectivity index (χ0v) is 22.1. The van der Waals surface area contributed by atoms with Crippen molar-refractivity contribution in [3.8, 4) is 0 Å². The third-order valence-corrected chi connectivity index (χ3v) is 7.79. The number of piperidine rings is 1. The number of H-pyrrole nitrogens is 1. The molecule has 0 spiro atoms. The van der Waals surface area contributed by atoms with Crippen molar-refractivity contribution in [2.45, 2.75) is 25.2 Å². The molecule has 3 heterocycles. The average Bonchev–Trinajstić information content (AvgIpc) is 3.36. The Balaban J connectivity index is 1.30. The molecule has 2 aromatic heterocycles. The van der Waals surface area contributed by atoms with Crippen molar-refractivity contribution in [2.24, 2.45) is 5.92 Å². The van der Waals surface area contributed by atoms with Crippen LogP contribution < -0.4 is 10.2 Å². The molecule has 2 aliphatic rings. The van der Waals surface area contributed by atoms with E-state index in [0.29, 0.717) is 16.0 Å². The molecule has 1 aliphatic heterocycles. The zero-order valence-electron chi connectivity index (χ0n) is 18.2. The second-order valence-corrected chi connectivity index (χ2v) is 10.5. The highest BCUT2D eigenvalue weighted by atomic mass is 79.9. The van der Waals surface area contributed by atoms with Crippen molar-refractivity contribution < 1.29 is 0 Å². The second kappa shape index (κ2) is 11.7. The van der Waals surface area contributed by atoms with E-state index in [2.05, 4.69) is 52.1 Å². The lowest BCUT2D eigenvalue weighted by Crippen LogP contribution is -2.46. The number of hydrogen-bond acceptors (Lipinski definition) is 4. The first-order chi connectivity index (χ1) is 16.0. The van der Waals surface area contributed by atoms with Crippen LogP contribution in [0.2, 0.25) is 0 Å². The molecule has 1 atom stereocenters. The fourth-order valence-electron chi connectivity index (χ4n) is 4.26. The van der Waals surface area contributed by atoms with Gasteiger partial charge in [-0.1, -0.05) is 29.3 Å². The summed E-state index contributed by atoms with van der Waals surface area (Å²) in [7, 11) is 0. The minimum absolute atomic E-state index is 0.277. The van der Waals surface area contributed by atoms with Crippen LogP contribution in [0, 0.1) is 5.92 Å². The lowest BCUT2D eigenvalue weighted by atomic mass is 9.94. The van der Waals surface area contributed by atoms with E-state index in [4.69, 9.17) is 35.4 Å². The Hall–Kier alpha value is -1.61. The molecule has 1 saturated heterocycles. The minimum atomic E-state index is 0.277. The zero-order chi connectivity index (χ0) is 23.2. The number of halogens is 3. The average molecular weight is 570 g/mol. The smallest absolute Gasteiger partial charge is 0.168 e. The molecule has 0 saturated carbocycles. The van der Waals surface area contributed by atoms with Gasteiger partial charge in [0.1, 0.15) is 5.82 Å². The second-order valence-electron chi connectivity index (χ2n) is 8.36. The Morgan fingerprint density at radius 1 is 1.27 bits per heavy atom. The van der Waals surface area contributed by atoms with Gasteiger partial charge in [-0.25, -0.2) is 9.97 Å². The van der Waals surface area contributed by atoms with Gasteiger partial charge in [0, 0.05) is 66.2 Å². The predicted molar refractivity (Wildman–Crippen MR) is 143 cm³/mol. The summed E-state index contributed by atoms with van der Waals surface area (Å²) in [4.78, 5) is 16.5. The Kier molecular flexibility index (Phi) is 8.68. The highest BCUT2D eigenvalue weighted by Gasteiger charge is 2.23. The van der Waals surface area contributed by atoms with Crippen molar-refractivity contribution >= 4 is 62.3 Å². The quantitative estimate of drug-likeness (QED) is 0.436. The van der Waals surface area contributed by atoms with Gasteiger partial charge in [0.05, 0.1) is 11.4 Å². The molecular weight excluding hydrogens is 543 g/mol. The summed E-state index contributed by atoms with van der Waals surface area (Å²) in [5, 5.41) is 5.61. The van der Waals surface area contributed by atoms with Gasteiger partial charge in [-0.3, -0.25) is 0 Å². The molecule has 1 unspecified atom stereocenters. The molecule has 2 aromatic rings. The van der Waals surface area contributed by atoms with Crippen molar-refractivity contribution in [1.82, 2.24) is 25.2 Å². The van der Waals surface area contributed by atoms with Crippen LogP contribution in [-0.4, -0.2) is 57.7 Å². The number of aromatic amines is 1. The lowest BCUT2D eigenvalue weighted by molar-refractivity contribution is 0.307. The van der Waals surface area contributed by atoms with E-state index in [-0.39, 0.29) is 5.92 Å². The number of hydrogen-bond donors (Lipinski definition) is 2. The van der Waals surface area contributed by atoms with Crippen LogP contribution in [0.5, 0.6) is 0 Å². The van der Waals surface area contributed by atoms with Crippen LogP contribution in [-0.2, 0) is 0 Å². The minimum Gasteiger partial charge on any atom is -0.361 e. The SMILES string of the molecule is S=C(NCCN(CC1C=CC(Cl)=C(Cl)C1)c1ccc(Br)cn1)N1CCC(c2cnc[nH]2)CC1. The summed E-state index contributed by atoms with van der Waals surface area (Å²) in [5.74, 6) is 1.74. The van der Waals surface area contributed by atoms with Crippen LogP contribution in [0.4, 0.5) is 5.82 Å². The number of pyridine rings is 1. The van der Waals surface area contributed by atoms with Crippen LogP contribution in [0.15, 0.2) is 57.5 Å². The van der Waals surface area contributed by atoms with Crippen molar-refractivity contribution in [3.63, 3.8) is 0 Å². The van der Waals surface area contributed by atoms with Crippen LogP contribution in [0.3, 0.4) is 0 Å². The monoisotopic (exact) mass is 568 g/mol. The van der Waals surface area contributed by atoms with Gasteiger partial charge in [-0.05, 0) is 71.5 Å². The van der Waals surface area contributed by atoms with Crippen molar-refractivity contribution in [2.75, 3.05) is 37.6 Å². The third kappa shape index (κ3) is 6.72. The van der Waals surface area contributed by atoms with Crippen LogP contribution in [0.25, 0.3) is 0 Å². The number of imidazole rings is 1. The molecule has 0 radical (unpaired) electrons. The first-order valence-corrected chi connectivity index (χ1v) is 13.0. The Bertz CT molecular complexity index is 987. The summed E-state index contributed by atoms with van der Waals surface area (Å²) in [6.07, 6.45) is 12.4. The maximum absolute atomic E-state index is 6.30. The molecule has 0 aromatic carbocycles. The Morgan fingerprint density at radius 3 is 2.76 bits per heavy atom. The number of allylic oxidation sites excluding steroid dienone is 3. The summed E-state index contributed by atoms with van der Waals surface area (Å²) in [6.45, 7) is 4.21. The van der Waals surface area contributed by atoms with E-state index in [1.165, 1.54) is 5.69 Å². The molecule has 33 heavy (non-hydrogen) atoms. The normalized spacial score (nSPS) is 19.1. The third-order valence-electron chi connectivity index (χ3n) is 6.11. The molecule has 1 aliphatic carbocycles. The summed E-state index contributed by atoms with van der Waals surface area (Å²) >= 11 is 21.6. The lowest BCUT2D eigenvalue weighted by Gasteiger charge is -2.34. The highest BCUT2D eigenvalue weighted by Crippen LogP contribution is 2.30. The number of aromatic nitrogens is 3. The van der Waals surface area contributed by atoms with Gasteiger partial charge in [-0.2, -0.15) is 0 Å². The summed E-state index contributed by atoms with van der Waals surface area (Å²) in [6, 6.07) is 4.04. The van der Waals surface area contributed by atoms with E-state index < -0.39 is 0 Å². The van der Waals surface area contributed by atoms with E-state index in [0.717, 1.165) is 67.4 Å². The van der Waals surface area contributed by atoms with Crippen molar-refractivity contribution in [1.29, 1.82) is 0 Å². The molecule has 10 heteroatoms. The Morgan fingerprint density at radius 2 is 2.09 bits per heavy atom. The molecule has 2 N–H and O–H groups in total. The summed E-state index contributed by atoms with van der Waals surface area (Å²) in [5.41, 5.74) is 1.22. The molecule has 1 fully saturated rings. The largest absolute Gasteiger partial charge is 0.361 e. The van der Waals surface area contributed by atoms with Gasteiger partial charge in [0.25, 0.3) is 0 Å². The van der Waals surface area contributed by atoms with Gasteiger partial charge >= 0.3 is 0 Å². The van der Waals surface area contributed by atoms with Gasteiger partial charge < -0.3 is 20.1 Å². The molecule has 0 bridgehead atoms. The number of nitrogens with zero attached hydrogens (tertiary/aromatic N) is 4. The molecule has 0 amide bonds. The van der Waals surface area contributed by atoms with Gasteiger partial charge in [0.2, 0.25) is 0 Å². The maximum atomic E-state index is 6.30. The van der Waals surface area contributed by atoms with Gasteiger partial charge in [-0.15, -0.1) is 0 Å².